The zero-order valence-electron chi connectivity index (χ0n) is 13.9. The number of fused-ring (bicyclic) bond motifs is 1. The number of ether oxygens (including phenoxy) is 2. The largest absolute Gasteiger partial charge is 0.462 e. The van der Waals surface area contributed by atoms with Gasteiger partial charge >= 0.3 is 5.97 Å². The number of carbonyl (C=O) groups is 1. The van der Waals surface area contributed by atoms with Crippen LogP contribution in [0.1, 0.15) is 38.5 Å². The third kappa shape index (κ3) is 2.92. The fourth-order valence-electron chi connectivity index (χ4n) is 2.90. The highest BCUT2D eigenvalue weighted by Gasteiger charge is 2.38. The predicted molar refractivity (Wildman–Crippen MR) is 101 cm³/mol. The predicted octanol–water partition coefficient (Wildman–Crippen LogP) is 4.76. The van der Waals surface area contributed by atoms with Gasteiger partial charge in [-0.15, -0.1) is 11.3 Å². The maximum absolute atomic E-state index is 12.4. The normalized spacial score (nSPS) is 15.9. The second-order valence-electron chi connectivity index (χ2n) is 5.51. The molecule has 8 heteroatoms. The van der Waals surface area contributed by atoms with E-state index in [1.165, 1.54) is 11.3 Å². The standard InChI is InChI=1S/C18H14Cl2N2O3S/c1-3-24-18(23)12-8(2)26-16-13(9(7-21)17(22)25-15(12)16)14-10(19)5-4-6-11(14)20/h4-6,13H,3,22H2,1-2H3. The summed E-state index contributed by atoms with van der Waals surface area (Å²) in [6, 6.07) is 7.18. The summed E-state index contributed by atoms with van der Waals surface area (Å²) in [6.07, 6.45) is 0. The van der Waals surface area contributed by atoms with E-state index < -0.39 is 11.9 Å². The first-order valence-electron chi connectivity index (χ1n) is 7.72. The number of nitrogens with two attached hydrogens (primary N) is 1. The molecule has 1 unspecified atom stereocenters. The Kier molecular flexibility index (Phi) is 5.15. The number of rotatable bonds is 3. The van der Waals surface area contributed by atoms with E-state index in [1.54, 1.807) is 32.0 Å². The molecule has 0 saturated carbocycles. The lowest BCUT2D eigenvalue weighted by Gasteiger charge is -2.25. The van der Waals surface area contributed by atoms with Crippen LogP contribution in [0.5, 0.6) is 5.75 Å². The van der Waals surface area contributed by atoms with Gasteiger partial charge in [0.05, 0.1) is 17.4 Å². The maximum Gasteiger partial charge on any atom is 0.343 e. The molecule has 0 radical (unpaired) electrons. The molecule has 2 heterocycles. The van der Waals surface area contributed by atoms with Crippen molar-refractivity contribution in [1.29, 1.82) is 5.26 Å². The van der Waals surface area contributed by atoms with E-state index in [1.807, 2.05) is 0 Å². The summed E-state index contributed by atoms with van der Waals surface area (Å²) in [5, 5.41) is 10.4. The summed E-state index contributed by atoms with van der Waals surface area (Å²) in [6.45, 7) is 3.74. The van der Waals surface area contributed by atoms with Gasteiger partial charge in [-0.1, -0.05) is 29.3 Å². The van der Waals surface area contributed by atoms with Crippen molar-refractivity contribution >= 4 is 40.5 Å². The molecule has 0 spiro atoms. The number of benzene rings is 1. The quantitative estimate of drug-likeness (QED) is 0.739. The molecule has 0 aliphatic carbocycles. The van der Waals surface area contributed by atoms with Crippen molar-refractivity contribution < 1.29 is 14.3 Å². The molecular formula is C18H14Cl2N2O3S. The van der Waals surface area contributed by atoms with Crippen LogP contribution in [0.4, 0.5) is 0 Å². The molecule has 3 rings (SSSR count). The summed E-state index contributed by atoms with van der Waals surface area (Å²) in [5.41, 5.74) is 7.04. The van der Waals surface area contributed by atoms with Crippen LogP contribution in [0, 0.1) is 18.3 Å². The summed E-state index contributed by atoms with van der Waals surface area (Å²) in [4.78, 5) is 13.7. The van der Waals surface area contributed by atoms with E-state index in [-0.39, 0.29) is 18.1 Å². The van der Waals surface area contributed by atoms with Crippen molar-refractivity contribution in [3.8, 4) is 11.8 Å². The fraction of sp³-hybridized carbons (Fsp3) is 0.222. The molecule has 134 valence electrons. The van der Waals surface area contributed by atoms with Gasteiger partial charge in [-0.3, -0.25) is 0 Å². The molecular weight excluding hydrogens is 395 g/mol. The zero-order chi connectivity index (χ0) is 19.0. The first kappa shape index (κ1) is 18.6. The summed E-state index contributed by atoms with van der Waals surface area (Å²) < 4.78 is 10.8. The summed E-state index contributed by atoms with van der Waals surface area (Å²) in [7, 11) is 0. The number of esters is 1. The first-order valence-corrected chi connectivity index (χ1v) is 9.29. The maximum atomic E-state index is 12.4. The molecule has 1 atom stereocenters. The van der Waals surface area contributed by atoms with Gasteiger partial charge in [0.1, 0.15) is 17.2 Å². The Hall–Kier alpha value is -2.20. The third-order valence-electron chi connectivity index (χ3n) is 3.98. The second kappa shape index (κ2) is 7.20. The van der Waals surface area contributed by atoms with E-state index in [9.17, 15) is 10.1 Å². The van der Waals surface area contributed by atoms with Gasteiger partial charge in [-0.2, -0.15) is 5.26 Å². The number of allylic oxidation sites excluding steroid dienone is 1. The average molecular weight is 409 g/mol. The number of nitrogens with zero attached hydrogens (tertiary/aromatic N) is 1. The molecule has 2 aromatic rings. The number of aryl methyl sites for hydroxylation is 1. The lowest BCUT2D eigenvalue weighted by atomic mass is 9.88. The van der Waals surface area contributed by atoms with Crippen LogP contribution in [0.25, 0.3) is 0 Å². The lowest BCUT2D eigenvalue weighted by molar-refractivity contribution is 0.0522. The Bertz CT molecular complexity index is 955. The zero-order valence-corrected chi connectivity index (χ0v) is 16.3. The van der Waals surface area contributed by atoms with Gasteiger partial charge in [0.15, 0.2) is 5.75 Å². The van der Waals surface area contributed by atoms with Crippen molar-refractivity contribution in [3.63, 3.8) is 0 Å². The number of nitriles is 1. The molecule has 1 aromatic heterocycles. The van der Waals surface area contributed by atoms with Crippen LogP contribution in [-0.2, 0) is 4.74 Å². The number of thiophene rings is 1. The molecule has 0 amide bonds. The van der Waals surface area contributed by atoms with Gasteiger partial charge in [-0.25, -0.2) is 4.79 Å². The summed E-state index contributed by atoms with van der Waals surface area (Å²) >= 11 is 14.1. The number of halogens is 2. The number of carbonyl (C=O) groups excluding carboxylic acids is 1. The summed E-state index contributed by atoms with van der Waals surface area (Å²) in [5.74, 6) is -0.899. The molecule has 26 heavy (non-hydrogen) atoms. The van der Waals surface area contributed by atoms with Crippen LogP contribution in [-0.4, -0.2) is 12.6 Å². The van der Waals surface area contributed by atoms with Crippen LogP contribution < -0.4 is 10.5 Å². The molecule has 1 aromatic carbocycles. The Labute approximate surface area is 164 Å². The van der Waals surface area contributed by atoms with Gasteiger partial charge in [0, 0.05) is 20.5 Å². The van der Waals surface area contributed by atoms with Crippen LogP contribution in [0.15, 0.2) is 29.7 Å². The van der Waals surface area contributed by atoms with Crippen LogP contribution in [0.3, 0.4) is 0 Å². The minimum absolute atomic E-state index is 0.0793. The minimum atomic E-state index is -0.614. The van der Waals surface area contributed by atoms with Gasteiger partial charge in [0.25, 0.3) is 0 Å². The fourth-order valence-corrected chi connectivity index (χ4v) is 4.71. The smallest absolute Gasteiger partial charge is 0.343 e. The minimum Gasteiger partial charge on any atom is -0.462 e. The van der Waals surface area contributed by atoms with Gasteiger partial charge < -0.3 is 15.2 Å². The number of hydrogen-bond acceptors (Lipinski definition) is 6. The van der Waals surface area contributed by atoms with Crippen molar-refractivity contribution in [3.05, 3.63) is 60.6 Å². The van der Waals surface area contributed by atoms with Crippen molar-refractivity contribution in [2.75, 3.05) is 6.61 Å². The lowest BCUT2D eigenvalue weighted by Crippen LogP contribution is -2.21. The van der Waals surface area contributed by atoms with Crippen LogP contribution >= 0.6 is 34.5 Å². The van der Waals surface area contributed by atoms with Crippen molar-refractivity contribution in [1.82, 2.24) is 0 Å². The molecule has 5 nitrogen and oxygen atoms in total. The third-order valence-corrected chi connectivity index (χ3v) is 5.79. The van der Waals surface area contributed by atoms with Crippen LogP contribution in [0.2, 0.25) is 10.0 Å². The van der Waals surface area contributed by atoms with E-state index in [4.69, 9.17) is 38.4 Å². The Morgan fingerprint density at radius 2 is 2.08 bits per heavy atom. The molecule has 2 N–H and O–H groups in total. The number of hydrogen-bond donors (Lipinski definition) is 1. The Balaban J connectivity index is 2.28. The molecule has 0 bridgehead atoms. The molecule has 0 fully saturated rings. The van der Waals surface area contributed by atoms with Gasteiger partial charge in [0.2, 0.25) is 5.88 Å². The Morgan fingerprint density at radius 3 is 2.65 bits per heavy atom. The van der Waals surface area contributed by atoms with E-state index in [0.717, 1.165) is 0 Å². The molecule has 1 aliphatic heterocycles. The second-order valence-corrected chi connectivity index (χ2v) is 7.58. The average Bonchev–Trinajstić information content (AvgIpc) is 2.90. The Morgan fingerprint density at radius 1 is 1.42 bits per heavy atom. The topological polar surface area (TPSA) is 85.3 Å². The van der Waals surface area contributed by atoms with Crippen molar-refractivity contribution in [2.24, 2.45) is 5.73 Å². The van der Waals surface area contributed by atoms with E-state index >= 15 is 0 Å². The molecule has 0 saturated heterocycles. The highest BCUT2D eigenvalue weighted by atomic mass is 35.5. The van der Waals surface area contributed by atoms with Crippen molar-refractivity contribution in [2.45, 2.75) is 19.8 Å². The van der Waals surface area contributed by atoms with E-state index in [2.05, 4.69) is 6.07 Å². The molecule has 1 aliphatic rings. The van der Waals surface area contributed by atoms with E-state index in [0.29, 0.717) is 36.7 Å². The highest BCUT2D eigenvalue weighted by molar-refractivity contribution is 7.12. The van der Waals surface area contributed by atoms with Gasteiger partial charge in [-0.05, 0) is 26.0 Å². The monoisotopic (exact) mass is 408 g/mol. The first-order chi connectivity index (χ1) is 12.4. The SMILES string of the molecule is CCOC(=O)c1c(C)sc2c1OC(N)=C(C#N)C2c1c(Cl)cccc1Cl. The highest BCUT2D eigenvalue weighted by Crippen LogP contribution is 2.51.